The number of benzene rings is 2. The first-order valence-electron chi connectivity index (χ1n) is 7.63. The molecule has 2 aromatic rings. The third-order valence-corrected chi connectivity index (χ3v) is 4.52. The standard InChI is InChI=1S/C17H14ClFN2O5S/c18-14-9-12(21(24)25)3-6-15(14)20-16(22)10-26-17(23)7-8-27-13-4-1-11(19)2-5-13/h1-6,9H,7-8,10H2,(H,20,22). The van der Waals surface area contributed by atoms with Crippen LogP contribution in [0.15, 0.2) is 47.4 Å². The van der Waals surface area contributed by atoms with E-state index < -0.39 is 23.4 Å². The van der Waals surface area contributed by atoms with E-state index in [0.717, 1.165) is 11.0 Å². The summed E-state index contributed by atoms with van der Waals surface area (Å²) in [6.45, 7) is -0.507. The Balaban J connectivity index is 1.72. The molecule has 2 aromatic carbocycles. The minimum atomic E-state index is -0.620. The molecule has 10 heteroatoms. The van der Waals surface area contributed by atoms with E-state index in [2.05, 4.69) is 5.32 Å². The van der Waals surface area contributed by atoms with Gasteiger partial charge in [0.2, 0.25) is 0 Å². The molecule has 0 aliphatic rings. The summed E-state index contributed by atoms with van der Waals surface area (Å²) in [5, 5.41) is 13.0. The van der Waals surface area contributed by atoms with E-state index in [-0.39, 0.29) is 28.6 Å². The Kier molecular flexibility index (Phi) is 7.56. The fourth-order valence-electron chi connectivity index (χ4n) is 1.91. The number of carbonyl (C=O) groups is 2. The molecule has 1 N–H and O–H groups in total. The van der Waals surface area contributed by atoms with E-state index in [9.17, 15) is 24.1 Å². The van der Waals surface area contributed by atoms with Crippen molar-refractivity contribution in [3.05, 3.63) is 63.4 Å². The first kappa shape index (κ1) is 20.7. The van der Waals surface area contributed by atoms with Gasteiger partial charge >= 0.3 is 5.97 Å². The number of anilines is 1. The van der Waals surface area contributed by atoms with Crippen LogP contribution in [-0.4, -0.2) is 29.2 Å². The first-order valence-corrected chi connectivity index (χ1v) is 8.99. The zero-order valence-electron chi connectivity index (χ0n) is 13.8. The molecule has 0 spiro atoms. The van der Waals surface area contributed by atoms with Crippen molar-refractivity contribution in [3.8, 4) is 0 Å². The molecule has 0 aromatic heterocycles. The van der Waals surface area contributed by atoms with Crippen LogP contribution < -0.4 is 5.32 Å². The second-order valence-corrected chi connectivity index (χ2v) is 6.76. The van der Waals surface area contributed by atoms with Gasteiger partial charge in [-0.05, 0) is 30.3 Å². The molecule has 2 rings (SSSR count). The van der Waals surface area contributed by atoms with Crippen LogP contribution in [-0.2, 0) is 14.3 Å². The normalized spacial score (nSPS) is 10.3. The molecule has 0 atom stereocenters. The van der Waals surface area contributed by atoms with Gasteiger partial charge < -0.3 is 10.1 Å². The molecule has 0 bridgehead atoms. The van der Waals surface area contributed by atoms with Gasteiger partial charge in [-0.3, -0.25) is 19.7 Å². The highest BCUT2D eigenvalue weighted by Gasteiger charge is 2.13. The molecular weight excluding hydrogens is 399 g/mol. The van der Waals surface area contributed by atoms with Gasteiger partial charge in [-0.2, -0.15) is 0 Å². The van der Waals surface area contributed by atoms with Crippen LogP contribution in [0.2, 0.25) is 5.02 Å². The molecule has 0 fully saturated rings. The summed E-state index contributed by atoms with van der Waals surface area (Å²) in [6, 6.07) is 9.46. The van der Waals surface area contributed by atoms with Crippen LogP contribution in [0.5, 0.6) is 0 Å². The van der Waals surface area contributed by atoms with Gasteiger partial charge in [-0.25, -0.2) is 4.39 Å². The van der Waals surface area contributed by atoms with Crippen molar-refractivity contribution in [1.29, 1.82) is 0 Å². The van der Waals surface area contributed by atoms with Gasteiger partial charge in [0.1, 0.15) is 5.82 Å². The minimum Gasteiger partial charge on any atom is -0.456 e. The average Bonchev–Trinajstić information content (AvgIpc) is 2.63. The van der Waals surface area contributed by atoms with Crippen LogP contribution in [0.25, 0.3) is 0 Å². The maximum absolute atomic E-state index is 12.8. The molecule has 0 saturated heterocycles. The number of nitrogens with zero attached hydrogens (tertiary/aromatic N) is 1. The van der Waals surface area contributed by atoms with Crippen LogP contribution in [0.1, 0.15) is 6.42 Å². The highest BCUT2D eigenvalue weighted by Crippen LogP contribution is 2.26. The molecule has 27 heavy (non-hydrogen) atoms. The van der Waals surface area contributed by atoms with E-state index in [1.54, 1.807) is 12.1 Å². The molecule has 0 radical (unpaired) electrons. The molecule has 0 aliphatic heterocycles. The van der Waals surface area contributed by atoms with Crippen molar-refractivity contribution in [3.63, 3.8) is 0 Å². The molecule has 7 nitrogen and oxygen atoms in total. The predicted molar refractivity (Wildman–Crippen MR) is 99.4 cm³/mol. The number of thioether (sulfide) groups is 1. The van der Waals surface area contributed by atoms with E-state index in [0.29, 0.717) is 5.75 Å². The largest absolute Gasteiger partial charge is 0.456 e. The second kappa shape index (κ2) is 9.89. The topological polar surface area (TPSA) is 98.5 Å². The Morgan fingerprint density at radius 1 is 1.22 bits per heavy atom. The number of nitro groups is 1. The van der Waals surface area contributed by atoms with Crippen molar-refractivity contribution in [2.24, 2.45) is 0 Å². The third kappa shape index (κ3) is 6.87. The summed E-state index contributed by atoms with van der Waals surface area (Å²) in [5.41, 5.74) is -0.0294. The molecule has 0 saturated carbocycles. The van der Waals surface area contributed by atoms with E-state index >= 15 is 0 Å². The van der Waals surface area contributed by atoms with Crippen LogP contribution in [0.4, 0.5) is 15.8 Å². The van der Waals surface area contributed by atoms with Gasteiger partial charge in [0.25, 0.3) is 11.6 Å². The Morgan fingerprint density at radius 2 is 1.93 bits per heavy atom. The number of nitrogens with one attached hydrogen (secondary N) is 1. The van der Waals surface area contributed by atoms with Gasteiger partial charge in [-0.15, -0.1) is 11.8 Å². The number of nitro benzene ring substituents is 1. The van der Waals surface area contributed by atoms with Crippen molar-refractivity contribution in [1.82, 2.24) is 0 Å². The number of carbonyl (C=O) groups excluding carboxylic acids is 2. The monoisotopic (exact) mass is 412 g/mol. The van der Waals surface area contributed by atoms with Crippen LogP contribution in [0.3, 0.4) is 0 Å². The fourth-order valence-corrected chi connectivity index (χ4v) is 2.96. The Bertz CT molecular complexity index is 848. The smallest absolute Gasteiger partial charge is 0.307 e. The lowest BCUT2D eigenvalue weighted by Crippen LogP contribution is -2.21. The number of non-ortho nitro benzene ring substituents is 1. The third-order valence-electron chi connectivity index (χ3n) is 3.19. The molecule has 0 heterocycles. The Hall–Kier alpha value is -2.65. The van der Waals surface area contributed by atoms with Gasteiger partial charge in [-0.1, -0.05) is 11.6 Å². The van der Waals surface area contributed by atoms with Crippen LogP contribution in [0, 0.1) is 15.9 Å². The Labute approximate surface area is 163 Å². The molecule has 1 amide bonds. The summed E-state index contributed by atoms with van der Waals surface area (Å²) in [5.74, 6) is -1.10. The van der Waals surface area contributed by atoms with E-state index in [1.165, 1.54) is 36.0 Å². The van der Waals surface area contributed by atoms with Gasteiger partial charge in [0.05, 0.1) is 22.1 Å². The highest BCUT2D eigenvalue weighted by molar-refractivity contribution is 7.99. The number of halogens is 2. The van der Waals surface area contributed by atoms with Crippen molar-refractivity contribution in [2.45, 2.75) is 11.3 Å². The van der Waals surface area contributed by atoms with E-state index in [1.807, 2.05) is 0 Å². The van der Waals surface area contributed by atoms with Crippen molar-refractivity contribution < 1.29 is 23.6 Å². The molecule has 142 valence electrons. The summed E-state index contributed by atoms with van der Waals surface area (Å²) in [6.07, 6.45) is 0.0770. The van der Waals surface area contributed by atoms with Gasteiger partial charge in [0.15, 0.2) is 6.61 Å². The average molecular weight is 413 g/mol. The summed E-state index contributed by atoms with van der Waals surface area (Å²) < 4.78 is 17.6. The maximum Gasteiger partial charge on any atom is 0.307 e. The minimum absolute atomic E-state index is 0.000394. The lowest BCUT2D eigenvalue weighted by atomic mass is 10.3. The quantitative estimate of drug-likeness (QED) is 0.304. The van der Waals surface area contributed by atoms with Gasteiger partial charge in [0, 0.05) is 22.8 Å². The summed E-state index contributed by atoms with van der Waals surface area (Å²) in [7, 11) is 0. The maximum atomic E-state index is 12.8. The predicted octanol–water partition coefficient (Wildman–Crippen LogP) is 4.05. The number of rotatable bonds is 8. The van der Waals surface area contributed by atoms with Crippen molar-refractivity contribution >= 4 is 46.6 Å². The number of hydrogen-bond acceptors (Lipinski definition) is 6. The SMILES string of the molecule is O=C(COC(=O)CCSc1ccc(F)cc1)Nc1ccc([N+](=O)[O-])cc1Cl. The van der Waals surface area contributed by atoms with Crippen LogP contribution >= 0.6 is 23.4 Å². The second-order valence-electron chi connectivity index (χ2n) is 5.18. The fraction of sp³-hybridized carbons (Fsp3) is 0.176. The van der Waals surface area contributed by atoms with Crippen molar-refractivity contribution in [2.75, 3.05) is 17.7 Å². The first-order chi connectivity index (χ1) is 12.8. The number of amides is 1. The lowest BCUT2D eigenvalue weighted by Gasteiger charge is -2.08. The zero-order valence-corrected chi connectivity index (χ0v) is 15.4. The zero-order chi connectivity index (χ0) is 19.8. The number of hydrogen-bond donors (Lipinski definition) is 1. The molecule has 0 unspecified atom stereocenters. The van der Waals surface area contributed by atoms with E-state index in [4.69, 9.17) is 16.3 Å². The molecule has 0 aliphatic carbocycles. The Morgan fingerprint density at radius 3 is 2.56 bits per heavy atom. The number of esters is 1. The summed E-state index contributed by atoms with van der Waals surface area (Å²) >= 11 is 7.22. The lowest BCUT2D eigenvalue weighted by molar-refractivity contribution is -0.384. The summed E-state index contributed by atoms with van der Waals surface area (Å²) in [4.78, 5) is 34.3. The number of ether oxygens (including phenoxy) is 1. The highest BCUT2D eigenvalue weighted by atomic mass is 35.5. The molecular formula is C17H14ClFN2O5S.